The fourth-order valence-corrected chi connectivity index (χ4v) is 2.42. The maximum absolute atomic E-state index is 12.5. The summed E-state index contributed by atoms with van der Waals surface area (Å²) >= 11 is 0. The first-order valence-corrected chi connectivity index (χ1v) is 8.08. The van der Waals surface area contributed by atoms with Gasteiger partial charge in [0.1, 0.15) is 17.5 Å². The average molecular weight is 377 g/mol. The van der Waals surface area contributed by atoms with Crippen molar-refractivity contribution in [3.05, 3.63) is 59.6 Å². The zero-order chi connectivity index (χ0) is 20.1. The number of nitrogens with one attached hydrogen (secondary N) is 1. The van der Waals surface area contributed by atoms with Gasteiger partial charge in [-0.05, 0) is 6.92 Å². The summed E-state index contributed by atoms with van der Waals surface area (Å²) in [5.74, 6) is -0.777. The molecule has 0 aliphatic heterocycles. The number of anilines is 1. The highest BCUT2D eigenvalue weighted by Crippen LogP contribution is 2.28. The van der Waals surface area contributed by atoms with Crippen molar-refractivity contribution < 1.29 is 19.2 Å². The van der Waals surface area contributed by atoms with Crippen LogP contribution in [0.2, 0.25) is 0 Å². The Hall–Kier alpha value is -4.19. The predicted molar refractivity (Wildman–Crippen MR) is 99.1 cm³/mol. The molecule has 0 saturated carbocycles. The highest BCUT2D eigenvalue weighted by Gasteiger charge is 2.21. The molecule has 28 heavy (non-hydrogen) atoms. The van der Waals surface area contributed by atoms with E-state index in [1.54, 1.807) is 13.0 Å². The molecule has 0 radical (unpaired) electrons. The molecule has 2 N–H and O–H groups in total. The number of aliphatic hydroxyl groups excluding tert-OH is 1. The lowest BCUT2D eigenvalue weighted by molar-refractivity contribution is -0.112. The average Bonchev–Trinajstić information content (AvgIpc) is 3.15. The normalized spacial score (nSPS) is 11.3. The molecule has 140 valence electrons. The van der Waals surface area contributed by atoms with Crippen LogP contribution in [0.1, 0.15) is 11.3 Å². The SMILES string of the molecule is COc1cnc(NC(=O)/C(C#N)=C(\O)c2cnoc2C)nc1-c1ccccc1. The van der Waals surface area contributed by atoms with Crippen LogP contribution in [0, 0.1) is 18.3 Å². The number of aliphatic hydroxyl groups is 1. The second-order valence-electron chi connectivity index (χ2n) is 5.56. The molecule has 0 aliphatic carbocycles. The summed E-state index contributed by atoms with van der Waals surface area (Å²) in [6.45, 7) is 1.55. The number of hydrogen-bond acceptors (Lipinski definition) is 8. The molecule has 1 aromatic carbocycles. The Morgan fingerprint density at radius 2 is 2.04 bits per heavy atom. The number of rotatable bonds is 5. The Balaban J connectivity index is 1.94. The number of carbonyl (C=O) groups excluding carboxylic acids is 1. The summed E-state index contributed by atoms with van der Waals surface area (Å²) in [7, 11) is 1.49. The smallest absolute Gasteiger partial charge is 0.272 e. The van der Waals surface area contributed by atoms with Crippen LogP contribution in [0.15, 0.2) is 52.8 Å². The number of benzene rings is 1. The zero-order valence-corrected chi connectivity index (χ0v) is 15.0. The Kier molecular flexibility index (Phi) is 5.32. The molecule has 1 amide bonds. The predicted octanol–water partition coefficient (Wildman–Crippen LogP) is 2.88. The molecule has 2 heterocycles. The Labute approximate surface area is 159 Å². The number of carbonyl (C=O) groups is 1. The van der Waals surface area contributed by atoms with Gasteiger partial charge in [-0.15, -0.1) is 0 Å². The van der Waals surface area contributed by atoms with Gasteiger partial charge in [0.15, 0.2) is 17.1 Å². The van der Waals surface area contributed by atoms with E-state index in [0.717, 1.165) is 5.56 Å². The number of hydrogen-bond donors (Lipinski definition) is 2. The highest BCUT2D eigenvalue weighted by molar-refractivity contribution is 6.10. The number of nitrogens with zero attached hydrogens (tertiary/aromatic N) is 4. The van der Waals surface area contributed by atoms with Crippen LogP contribution >= 0.6 is 0 Å². The number of aromatic nitrogens is 3. The lowest BCUT2D eigenvalue weighted by Gasteiger charge is -2.10. The molecule has 0 atom stereocenters. The first kappa shape index (κ1) is 18.6. The van der Waals surface area contributed by atoms with Gasteiger partial charge in [0.25, 0.3) is 5.91 Å². The van der Waals surface area contributed by atoms with E-state index in [4.69, 9.17) is 9.26 Å². The first-order valence-electron chi connectivity index (χ1n) is 8.08. The lowest BCUT2D eigenvalue weighted by atomic mass is 10.1. The van der Waals surface area contributed by atoms with Crippen molar-refractivity contribution in [3.8, 4) is 23.1 Å². The van der Waals surface area contributed by atoms with Gasteiger partial charge in [-0.1, -0.05) is 35.5 Å². The summed E-state index contributed by atoms with van der Waals surface area (Å²) in [4.78, 5) is 20.8. The lowest BCUT2D eigenvalue weighted by Crippen LogP contribution is -2.17. The minimum Gasteiger partial charge on any atom is -0.506 e. The maximum Gasteiger partial charge on any atom is 0.272 e. The molecular formula is C19H15N5O4. The Morgan fingerprint density at radius 3 is 2.64 bits per heavy atom. The maximum atomic E-state index is 12.5. The van der Waals surface area contributed by atoms with Crippen LogP contribution in [-0.4, -0.2) is 33.2 Å². The minimum atomic E-state index is -0.871. The van der Waals surface area contributed by atoms with Gasteiger partial charge in [-0.2, -0.15) is 5.26 Å². The van der Waals surface area contributed by atoms with Crippen LogP contribution in [-0.2, 0) is 4.79 Å². The van der Waals surface area contributed by atoms with E-state index in [2.05, 4.69) is 20.4 Å². The molecule has 3 rings (SSSR count). The molecule has 0 saturated heterocycles. The molecule has 3 aromatic rings. The van der Waals surface area contributed by atoms with Gasteiger partial charge < -0.3 is 14.4 Å². The molecule has 0 aliphatic rings. The molecule has 9 nitrogen and oxygen atoms in total. The fraction of sp³-hybridized carbons (Fsp3) is 0.105. The van der Waals surface area contributed by atoms with Crippen molar-refractivity contribution in [3.63, 3.8) is 0 Å². The second-order valence-corrected chi connectivity index (χ2v) is 5.56. The van der Waals surface area contributed by atoms with Crippen LogP contribution < -0.4 is 10.1 Å². The van der Waals surface area contributed by atoms with Crippen molar-refractivity contribution >= 4 is 17.6 Å². The number of ether oxygens (including phenoxy) is 1. The van der Waals surface area contributed by atoms with E-state index in [-0.39, 0.29) is 17.3 Å². The van der Waals surface area contributed by atoms with Gasteiger partial charge in [0.05, 0.1) is 25.1 Å². The van der Waals surface area contributed by atoms with E-state index in [1.165, 1.54) is 19.5 Å². The van der Waals surface area contributed by atoms with Gasteiger partial charge in [0, 0.05) is 5.56 Å². The fourth-order valence-electron chi connectivity index (χ4n) is 2.42. The van der Waals surface area contributed by atoms with Gasteiger partial charge in [-0.25, -0.2) is 9.97 Å². The zero-order valence-electron chi connectivity index (χ0n) is 15.0. The molecule has 0 spiro atoms. The Bertz CT molecular complexity index is 1080. The summed E-state index contributed by atoms with van der Waals surface area (Å²) in [5.41, 5.74) is 0.852. The second kappa shape index (κ2) is 8.01. The quantitative estimate of drug-likeness (QED) is 0.394. The summed E-state index contributed by atoms with van der Waals surface area (Å²) in [6.07, 6.45) is 2.62. The first-order chi connectivity index (χ1) is 13.5. The monoisotopic (exact) mass is 377 g/mol. The summed E-state index contributed by atoms with van der Waals surface area (Å²) in [5, 5.41) is 25.5. The number of amides is 1. The molecule has 2 aromatic heterocycles. The van der Waals surface area contributed by atoms with Gasteiger partial charge in [0.2, 0.25) is 5.95 Å². The molecule has 9 heteroatoms. The van der Waals surface area contributed by atoms with Crippen molar-refractivity contribution in [2.45, 2.75) is 6.92 Å². The van der Waals surface area contributed by atoms with Crippen LogP contribution in [0.4, 0.5) is 5.95 Å². The van der Waals surface area contributed by atoms with E-state index < -0.39 is 17.2 Å². The third-order valence-electron chi connectivity index (χ3n) is 3.83. The minimum absolute atomic E-state index is 0.0488. The van der Waals surface area contributed by atoms with Crippen molar-refractivity contribution in [2.75, 3.05) is 12.4 Å². The molecule has 0 bridgehead atoms. The van der Waals surface area contributed by atoms with E-state index >= 15 is 0 Å². The molecule has 0 fully saturated rings. The molecular weight excluding hydrogens is 362 g/mol. The third kappa shape index (κ3) is 3.66. The van der Waals surface area contributed by atoms with Crippen LogP contribution in [0.25, 0.3) is 17.0 Å². The van der Waals surface area contributed by atoms with Crippen molar-refractivity contribution in [2.24, 2.45) is 0 Å². The highest BCUT2D eigenvalue weighted by atomic mass is 16.5. The van der Waals surface area contributed by atoms with Crippen molar-refractivity contribution in [1.82, 2.24) is 15.1 Å². The largest absolute Gasteiger partial charge is 0.506 e. The van der Waals surface area contributed by atoms with E-state index in [1.807, 2.05) is 30.3 Å². The van der Waals surface area contributed by atoms with Gasteiger partial charge >= 0.3 is 0 Å². The topological polar surface area (TPSA) is 134 Å². The van der Waals surface area contributed by atoms with Crippen LogP contribution in [0.3, 0.4) is 0 Å². The van der Waals surface area contributed by atoms with E-state index in [9.17, 15) is 15.2 Å². The standard InChI is InChI=1S/C19H15N5O4/c1-11-14(9-22-28-11)17(25)13(8-20)18(26)24-19-21-10-15(27-2)16(23-19)12-6-4-3-5-7-12/h3-7,9-10,25H,1-2H3,(H,21,23,24,26)/b17-13-. The number of nitriles is 1. The third-order valence-corrected chi connectivity index (χ3v) is 3.83. The molecule has 0 unspecified atom stereocenters. The van der Waals surface area contributed by atoms with Crippen molar-refractivity contribution in [1.29, 1.82) is 5.26 Å². The number of aryl methyl sites for hydroxylation is 1. The van der Waals surface area contributed by atoms with Gasteiger partial charge in [-0.3, -0.25) is 10.1 Å². The summed E-state index contributed by atoms with van der Waals surface area (Å²) in [6, 6.07) is 10.9. The summed E-state index contributed by atoms with van der Waals surface area (Å²) < 4.78 is 10.1. The number of methoxy groups -OCH3 is 1. The van der Waals surface area contributed by atoms with E-state index in [0.29, 0.717) is 11.4 Å². The Morgan fingerprint density at radius 1 is 1.29 bits per heavy atom. The van der Waals surface area contributed by atoms with Crippen LogP contribution in [0.5, 0.6) is 5.75 Å².